The topological polar surface area (TPSA) is 0 Å². The Morgan fingerprint density at radius 1 is 0.452 bits per heavy atom. The van der Waals surface area contributed by atoms with Crippen molar-refractivity contribution in [3.05, 3.63) is 108 Å². The molecule has 0 saturated carbocycles. The van der Waals surface area contributed by atoms with Crippen LogP contribution in [-0.4, -0.2) is 12.5 Å². The highest BCUT2D eigenvalue weighted by Crippen LogP contribution is 2.64. The summed E-state index contributed by atoms with van der Waals surface area (Å²) in [7, 11) is 0. The van der Waals surface area contributed by atoms with Crippen molar-refractivity contribution in [3.63, 3.8) is 0 Å². The number of fused-ring (bicyclic) bond motifs is 3. The van der Waals surface area contributed by atoms with E-state index in [1.807, 2.05) is 23.5 Å². The van der Waals surface area contributed by atoms with Gasteiger partial charge in [-0.25, -0.2) is 0 Å². The van der Waals surface area contributed by atoms with Crippen LogP contribution in [0, 0.1) is 0 Å². The second kappa shape index (κ2) is 9.03. The van der Waals surface area contributed by atoms with E-state index in [9.17, 15) is 0 Å². The second-order valence-corrected chi connectivity index (χ2v) is 11.9. The molecule has 0 heterocycles. The maximum Gasteiger partial charge on any atom is 0.121 e. The monoisotopic (exact) mass is 474 g/mol. The minimum atomic E-state index is -0.227. The summed E-state index contributed by atoms with van der Waals surface area (Å²) in [6, 6.07) is 35.8. The number of thioether (sulfide) groups is 4. The Hall–Kier alpha value is -1.72. The quantitative estimate of drug-likeness (QED) is 0.202. The molecule has 0 aromatic heterocycles. The molecule has 0 N–H and O–H groups in total. The van der Waals surface area contributed by atoms with Crippen molar-refractivity contribution in [1.29, 1.82) is 0 Å². The maximum absolute atomic E-state index is 2.31. The molecule has 1 aliphatic rings. The minimum Gasteiger partial charge on any atom is -0.130 e. The lowest BCUT2D eigenvalue weighted by atomic mass is 10.1. The molecule has 4 heteroatoms. The smallest absolute Gasteiger partial charge is 0.121 e. The number of benzene rings is 4. The van der Waals surface area contributed by atoms with Crippen LogP contribution >= 0.6 is 47.0 Å². The van der Waals surface area contributed by atoms with E-state index in [0.29, 0.717) is 0 Å². The SMILES string of the molecule is CSc1ccc(SC2(Sc3ccc(SC)cc3)c3ccccc3-c3ccccc32)cc1. The summed E-state index contributed by atoms with van der Waals surface area (Å²) in [6.07, 6.45) is 4.25. The number of rotatable bonds is 6. The molecule has 0 nitrogen and oxygen atoms in total. The Bertz CT molecular complexity index is 1100. The van der Waals surface area contributed by atoms with Crippen LogP contribution in [0.5, 0.6) is 0 Å². The molecule has 0 spiro atoms. The van der Waals surface area contributed by atoms with Crippen LogP contribution in [0.25, 0.3) is 11.1 Å². The average Bonchev–Trinajstić information content (AvgIpc) is 3.10. The van der Waals surface area contributed by atoms with E-state index in [-0.39, 0.29) is 4.08 Å². The zero-order chi connectivity index (χ0) is 21.3. The third-order valence-electron chi connectivity index (χ3n) is 5.50. The highest BCUT2D eigenvalue weighted by Gasteiger charge is 2.45. The molecule has 4 aromatic carbocycles. The Morgan fingerprint density at radius 3 is 1.19 bits per heavy atom. The first kappa shape index (κ1) is 21.1. The van der Waals surface area contributed by atoms with E-state index in [0.717, 1.165) is 0 Å². The van der Waals surface area contributed by atoms with E-state index in [2.05, 4.69) is 110 Å². The molecule has 0 radical (unpaired) electrons. The average molecular weight is 475 g/mol. The number of hydrogen-bond donors (Lipinski definition) is 0. The van der Waals surface area contributed by atoms with E-state index >= 15 is 0 Å². The zero-order valence-corrected chi connectivity index (χ0v) is 20.6. The first-order chi connectivity index (χ1) is 15.2. The van der Waals surface area contributed by atoms with Crippen LogP contribution < -0.4 is 0 Å². The van der Waals surface area contributed by atoms with Crippen LogP contribution in [0.1, 0.15) is 11.1 Å². The molecular weight excluding hydrogens is 453 g/mol. The van der Waals surface area contributed by atoms with Gasteiger partial charge in [-0.3, -0.25) is 0 Å². The van der Waals surface area contributed by atoms with E-state index in [4.69, 9.17) is 0 Å². The molecule has 1 aliphatic carbocycles. The fourth-order valence-electron chi connectivity index (χ4n) is 4.02. The third-order valence-corrected chi connectivity index (χ3v) is 9.95. The second-order valence-electron chi connectivity index (χ2n) is 7.26. The summed E-state index contributed by atoms with van der Waals surface area (Å²) < 4.78 is -0.227. The van der Waals surface area contributed by atoms with E-state index in [1.165, 1.54) is 41.8 Å². The van der Waals surface area contributed by atoms with Crippen molar-refractivity contribution in [1.82, 2.24) is 0 Å². The summed E-state index contributed by atoms with van der Waals surface area (Å²) in [6.45, 7) is 0. The van der Waals surface area contributed by atoms with Gasteiger partial charge in [-0.2, -0.15) is 0 Å². The minimum absolute atomic E-state index is 0.227. The molecule has 5 rings (SSSR count). The molecule has 0 saturated heterocycles. The van der Waals surface area contributed by atoms with Crippen molar-refractivity contribution in [2.45, 2.75) is 23.7 Å². The Kier molecular flexibility index (Phi) is 6.16. The Morgan fingerprint density at radius 2 is 0.806 bits per heavy atom. The van der Waals surface area contributed by atoms with Crippen LogP contribution in [-0.2, 0) is 4.08 Å². The lowest BCUT2D eigenvalue weighted by Crippen LogP contribution is -2.16. The van der Waals surface area contributed by atoms with E-state index in [1.54, 1.807) is 23.5 Å². The third kappa shape index (κ3) is 3.95. The fraction of sp³-hybridized carbons (Fsp3) is 0.111. The first-order valence-corrected chi connectivity index (χ1v) is 14.2. The first-order valence-electron chi connectivity index (χ1n) is 10.1. The molecule has 0 atom stereocenters. The highest BCUT2D eigenvalue weighted by atomic mass is 32.2. The van der Waals surface area contributed by atoms with Crippen LogP contribution in [0.3, 0.4) is 0 Å². The van der Waals surface area contributed by atoms with Gasteiger partial charge in [0.15, 0.2) is 0 Å². The summed E-state index contributed by atoms with van der Waals surface area (Å²) >= 11 is 7.49. The summed E-state index contributed by atoms with van der Waals surface area (Å²) in [5.74, 6) is 0. The van der Waals surface area contributed by atoms with Crippen LogP contribution in [0.4, 0.5) is 0 Å². The van der Waals surface area contributed by atoms with Gasteiger partial charge >= 0.3 is 0 Å². The molecule has 0 bridgehead atoms. The van der Waals surface area contributed by atoms with Crippen molar-refractivity contribution in [2.24, 2.45) is 0 Å². The lowest BCUT2D eigenvalue weighted by molar-refractivity contribution is 1.11. The van der Waals surface area contributed by atoms with Crippen molar-refractivity contribution in [2.75, 3.05) is 12.5 Å². The Balaban J connectivity index is 1.67. The van der Waals surface area contributed by atoms with Crippen molar-refractivity contribution < 1.29 is 0 Å². The van der Waals surface area contributed by atoms with Crippen LogP contribution in [0.2, 0.25) is 0 Å². The molecule has 0 aliphatic heterocycles. The van der Waals surface area contributed by atoms with Gasteiger partial charge in [-0.1, -0.05) is 72.1 Å². The van der Waals surface area contributed by atoms with Gasteiger partial charge in [0.1, 0.15) is 4.08 Å². The van der Waals surface area contributed by atoms with Crippen molar-refractivity contribution >= 4 is 47.0 Å². The van der Waals surface area contributed by atoms with Gasteiger partial charge in [0, 0.05) is 19.6 Å². The van der Waals surface area contributed by atoms with Crippen LogP contribution in [0.15, 0.2) is 117 Å². The summed E-state index contributed by atoms with van der Waals surface area (Å²) in [5.41, 5.74) is 5.46. The summed E-state index contributed by atoms with van der Waals surface area (Å²) in [5, 5.41) is 0. The zero-order valence-electron chi connectivity index (χ0n) is 17.4. The Labute approximate surface area is 201 Å². The molecule has 0 amide bonds. The van der Waals surface area contributed by atoms with Gasteiger partial charge in [-0.05, 0) is 83.3 Å². The van der Waals surface area contributed by atoms with Gasteiger partial charge in [-0.15, -0.1) is 23.5 Å². The normalized spacial score (nSPS) is 13.6. The number of hydrogen-bond acceptors (Lipinski definition) is 4. The van der Waals surface area contributed by atoms with Gasteiger partial charge in [0.25, 0.3) is 0 Å². The van der Waals surface area contributed by atoms with Gasteiger partial charge < -0.3 is 0 Å². The standard InChI is InChI=1S/C27H22S4/c1-28-19-11-15-21(16-12-19)30-27(31-22-17-13-20(29-2)14-18-22)25-9-5-3-7-23(25)24-8-4-6-10-26(24)27/h3-18H,1-2H3. The molecule has 4 aromatic rings. The fourth-order valence-corrected chi connectivity index (χ4v) is 7.94. The van der Waals surface area contributed by atoms with E-state index < -0.39 is 0 Å². The molecule has 0 fully saturated rings. The van der Waals surface area contributed by atoms with Gasteiger partial charge in [0.2, 0.25) is 0 Å². The predicted molar refractivity (Wildman–Crippen MR) is 141 cm³/mol. The summed E-state index contributed by atoms with van der Waals surface area (Å²) in [4.78, 5) is 5.17. The van der Waals surface area contributed by atoms with Gasteiger partial charge in [0.05, 0.1) is 0 Å². The highest BCUT2D eigenvalue weighted by molar-refractivity contribution is 8.18. The predicted octanol–water partition coefficient (Wildman–Crippen LogP) is 8.90. The largest absolute Gasteiger partial charge is 0.130 e. The molecule has 0 unspecified atom stereocenters. The van der Waals surface area contributed by atoms with Crippen molar-refractivity contribution in [3.8, 4) is 11.1 Å². The lowest BCUT2D eigenvalue weighted by Gasteiger charge is -2.31. The molecule has 154 valence electrons. The maximum atomic E-state index is 2.31. The molecular formula is C27H22S4. The molecule has 31 heavy (non-hydrogen) atoms.